The molecule has 0 aliphatic heterocycles. The van der Waals surface area contributed by atoms with Crippen LogP contribution in [0.15, 0.2) is 66.9 Å². The number of hydrogen-bond donors (Lipinski definition) is 3. The summed E-state index contributed by atoms with van der Waals surface area (Å²) >= 11 is 12.2. The Labute approximate surface area is 226 Å². The summed E-state index contributed by atoms with van der Waals surface area (Å²) in [4.78, 5) is 28.8. The summed E-state index contributed by atoms with van der Waals surface area (Å²) < 4.78 is 6.01. The summed E-state index contributed by atoms with van der Waals surface area (Å²) in [6.45, 7) is 0.641. The number of hydrogen-bond acceptors (Lipinski definition) is 5. The fourth-order valence-corrected chi connectivity index (χ4v) is 5.02. The zero-order valence-electron chi connectivity index (χ0n) is 20.2. The van der Waals surface area contributed by atoms with Crippen molar-refractivity contribution in [2.24, 2.45) is 5.92 Å². The third-order valence-electron chi connectivity index (χ3n) is 6.51. The molecule has 3 aromatic rings. The van der Waals surface area contributed by atoms with Gasteiger partial charge in [-0.05, 0) is 73.6 Å². The molecule has 1 heterocycles. The van der Waals surface area contributed by atoms with Crippen molar-refractivity contribution >= 4 is 40.9 Å². The van der Waals surface area contributed by atoms with Crippen LogP contribution >= 0.6 is 23.2 Å². The molecule has 1 aliphatic rings. The number of carboxylic acid groups (broad SMARTS) is 1. The van der Waals surface area contributed by atoms with Crippen LogP contribution in [-0.4, -0.2) is 40.7 Å². The molecule has 194 valence electrons. The Hall–Kier alpha value is -3.29. The molecule has 0 bridgehead atoms. The van der Waals surface area contributed by atoms with E-state index in [1.807, 2.05) is 42.5 Å². The van der Waals surface area contributed by atoms with Crippen molar-refractivity contribution in [2.45, 2.75) is 44.2 Å². The predicted octanol–water partition coefficient (Wildman–Crippen LogP) is 5.86. The number of anilines is 1. The Morgan fingerprint density at radius 2 is 1.68 bits per heavy atom. The van der Waals surface area contributed by atoms with E-state index in [1.165, 1.54) is 12.1 Å². The van der Waals surface area contributed by atoms with E-state index in [2.05, 4.69) is 15.6 Å². The highest BCUT2D eigenvalue weighted by molar-refractivity contribution is 6.39. The van der Waals surface area contributed by atoms with E-state index >= 15 is 0 Å². The normalized spacial score (nSPS) is 18.0. The molecule has 1 aliphatic carbocycles. The van der Waals surface area contributed by atoms with E-state index < -0.39 is 17.9 Å². The second-order valence-corrected chi connectivity index (χ2v) is 10.0. The van der Waals surface area contributed by atoms with E-state index in [0.29, 0.717) is 18.6 Å². The van der Waals surface area contributed by atoms with Gasteiger partial charge in [0.25, 0.3) is 5.91 Å². The Morgan fingerprint density at radius 3 is 2.30 bits per heavy atom. The van der Waals surface area contributed by atoms with Gasteiger partial charge >= 0.3 is 5.97 Å². The van der Waals surface area contributed by atoms with Crippen LogP contribution < -0.4 is 15.4 Å². The average Bonchev–Trinajstić information content (AvgIpc) is 2.89. The molecule has 4 rings (SSSR count). The van der Waals surface area contributed by atoms with Gasteiger partial charge in [0.2, 0.25) is 0 Å². The van der Waals surface area contributed by atoms with Crippen molar-refractivity contribution in [3.63, 3.8) is 0 Å². The van der Waals surface area contributed by atoms with E-state index in [4.69, 9.17) is 27.9 Å². The smallest absolute Gasteiger partial charge is 0.326 e. The summed E-state index contributed by atoms with van der Waals surface area (Å²) in [5, 5.41) is 16.0. The highest BCUT2D eigenvalue weighted by Crippen LogP contribution is 2.27. The molecule has 0 unspecified atom stereocenters. The van der Waals surface area contributed by atoms with Gasteiger partial charge in [-0.1, -0.05) is 47.5 Å². The van der Waals surface area contributed by atoms with Gasteiger partial charge in [-0.25, -0.2) is 9.78 Å². The van der Waals surface area contributed by atoms with Gasteiger partial charge < -0.3 is 20.5 Å². The molecular weight excluding hydrogens is 513 g/mol. The van der Waals surface area contributed by atoms with Crippen LogP contribution in [0.5, 0.6) is 5.75 Å². The number of pyridine rings is 1. The first-order valence-corrected chi connectivity index (χ1v) is 13.0. The number of nitrogens with zero attached hydrogens (tertiary/aromatic N) is 1. The zero-order chi connectivity index (χ0) is 26.2. The van der Waals surface area contributed by atoms with Crippen LogP contribution in [0, 0.1) is 5.92 Å². The van der Waals surface area contributed by atoms with Crippen LogP contribution in [0.25, 0.3) is 0 Å². The maximum absolute atomic E-state index is 12.6. The van der Waals surface area contributed by atoms with Crippen molar-refractivity contribution in [1.82, 2.24) is 10.3 Å². The first-order valence-electron chi connectivity index (χ1n) is 12.3. The molecule has 3 N–H and O–H groups in total. The Kier molecular flexibility index (Phi) is 9.25. The number of amides is 1. The van der Waals surface area contributed by atoms with Gasteiger partial charge in [0.15, 0.2) is 0 Å². The van der Waals surface area contributed by atoms with Gasteiger partial charge in [-0.3, -0.25) is 4.79 Å². The summed E-state index contributed by atoms with van der Waals surface area (Å²) in [7, 11) is 0. The summed E-state index contributed by atoms with van der Waals surface area (Å²) in [5.41, 5.74) is 0.814. The Balaban J connectivity index is 1.25. The van der Waals surface area contributed by atoms with Crippen molar-refractivity contribution in [3.8, 4) is 5.75 Å². The highest BCUT2D eigenvalue weighted by atomic mass is 35.5. The largest absolute Gasteiger partial charge is 0.493 e. The number of nitrogens with one attached hydrogen (secondary N) is 2. The fourth-order valence-electron chi connectivity index (χ4n) is 4.45. The molecule has 37 heavy (non-hydrogen) atoms. The number of ether oxygens (including phenoxy) is 1. The number of carbonyl (C=O) groups excluding carboxylic acids is 1. The number of carbonyl (C=O) groups is 2. The van der Waals surface area contributed by atoms with Gasteiger partial charge in [0.1, 0.15) is 17.6 Å². The lowest BCUT2D eigenvalue weighted by molar-refractivity contribution is -0.139. The summed E-state index contributed by atoms with van der Waals surface area (Å²) in [6.07, 6.45) is 6.21. The number of halogens is 2. The van der Waals surface area contributed by atoms with Crippen LogP contribution in [0.2, 0.25) is 10.0 Å². The van der Waals surface area contributed by atoms with E-state index in [-0.39, 0.29) is 22.0 Å². The molecule has 1 amide bonds. The second kappa shape index (κ2) is 12.8. The number of benzene rings is 2. The van der Waals surface area contributed by atoms with Crippen molar-refractivity contribution in [3.05, 3.63) is 88.0 Å². The van der Waals surface area contributed by atoms with Gasteiger partial charge in [-0.15, -0.1) is 0 Å². The quantitative estimate of drug-likeness (QED) is 0.297. The molecule has 7 nitrogen and oxygen atoms in total. The first-order chi connectivity index (χ1) is 17.9. The van der Waals surface area contributed by atoms with Crippen molar-refractivity contribution < 1.29 is 19.4 Å². The highest BCUT2D eigenvalue weighted by Gasteiger charge is 2.24. The Bertz CT molecular complexity index is 1180. The van der Waals surface area contributed by atoms with E-state index in [9.17, 15) is 14.7 Å². The summed E-state index contributed by atoms with van der Waals surface area (Å²) in [5.74, 6) is 0.360. The number of aliphatic carboxylic acids is 1. The van der Waals surface area contributed by atoms with E-state index in [1.54, 1.807) is 12.3 Å². The number of aromatic nitrogens is 1. The zero-order valence-corrected chi connectivity index (χ0v) is 21.7. The van der Waals surface area contributed by atoms with Crippen LogP contribution in [-0.2, 0) is 11.2 Å². The predicted molar refractivity (Wildman–Crippen MR) is 145 cm³/mol. The monoisotopic (exact) mass is 541 g/mol. The third kappa shape index (κ3) is 7.60. The standard InChI is InChI=1S/C28H29Cl2N3O4/c29-22-4-3-5-23(30)26(22)27(34)33-24(28(35)36)16-18-9-13-21(14-10-18)37-17-19-7-11-20(12-8-19)32-25-6-1-2-15-31-25/h1-6,9-10,13-15,19-20,24H,7-8,11-12,16-17H2,(H,31,32)(H,33,34)(H,35,36)/t19?,20?,24-/m1/s1. The molecule has 1 aromatic heterocycles. The molecule has 1 saturated carbocycles. The molecular formula is C28H29Cl2N3O4. The van der Waals surface area contributed by atoms with Crippen molar-refractivity contribution in [2.75, 3.05) is 11.9 Å². The minimum absolute atomic E-state index is 0.0578. The molecule has 0 radical (unpaired) electrons. The molecule has 1 fully saturated rings. The molecule has 9 heteroatoms. The fraction of sp³-hybridized carbons (Fsp3) is 0.321. The van der Waals surface area contributed by atoms with Gasteiger partial charge in [0.05, 0.1) is 22.2 Å². The maximum atomic E-state index is 12.6. The number of carboxylic acids is 1. The lowest BCUT2D eigenvalue weighted by Crippen LogP contribution is -2.42. The topological polar surface area (TPSA) is 101 Å². The SMILES string of the molecule is O=C(N[C@H](Cc1ccc(OCC2CCC(Nc3ccccn3)CC2)cc1)C(=O)O)c1c(Cl)cccc1Cl. The van der Waals surface area contributed by atoms with Crippen LogP contribution in [0.1, 0.15) is 41.6 Å². The third-order valence-corrected chi connectivity index (χ3v) is 7.14. The van der Waals surface area contributed by atoms with Gasteiger partial charge in [0, 0.05) is 18.7 Å². The van der Waals surface area contributed by atoms with Crippen molar-refractivity contribution in [1.29, 1.82) is 0 Å². The van der Waals surface area contributed by atoms with Crippen LogP contribution in [0.3, 0.4) is 0 Å². The molecule has 0 spiro atoms. The molecule has 2 aromatic carbocycles. The minimum atomic E-state index is -1.15. The summed E-state index contributed by atoms with van der Waals surface area (Å²) in [6, 6.07) is 17.1. The lowest BCUT2D eigenvalue weighted by Gasteiger charge is -2.29. The lowest BCUT2D eigenvalue weighted by atomic mass is 9.86. The van der Waals surface area contributed by atoms with Gasteiger partial charge in [-0.2, -0.15) is 0 Å². The number of rotatable bonds is 10. The second-order valence-electron chi connectivity index (χ2n) is 9.20. The molecule has 1 atom stereocenters. The Morgan fingerprint density at radius 1 is 0.973 bits per heavy atom. The molecule has 0 saturated heterocycles. The van der Waals surface area contributed by atoms with Crippen LogP contribution in [0.4, 0.5) is 5.82 Å². The maximum Gasteiger partial charge on any atom is 0.326 e. The first kappa shape index (κ1) is 26.8. The average molecular weight is 542 g/mol. The minimum Gasteiger partial charge on any atom is -0.493 e. The van der Waals surface area contributed by atoms with E-state index in [0.717, 1.165) is 42.8 Å².